The predicted octanol–water partition coefficient (Wildman–Crippen LogP) is 5.92. The Morgan fingerprint density at radius 1 is 1.14 bits per heavy atom. The topological polar surface area (TPSA) is 20.3 Å². The van der Waals surface area contributed by atoms with Crippen molar-refractivity contribution in [1.82, 2.24) is 4.90 Å². The summed E-state index contributed by atoms with van der Waals surface area (Å²) >= 11 is 0. The molecule has 0 unspecified atom stereocenters. The highest BCUT2D eigenvalue weighted by atomic mass is 19.1. The Labute approximate surface area is 173 Å². The molecule has 0 atom stereocenters. The number of benzene rings is 2. The van der Waals surface area contributed by atoms with Crippen LogP contribution in [-0.4, -0.2) is 30.3 Å². The predicted molar refractivity (Wildman–Crippen MR) is 116 cm³/mol. The molecule has 0 heterocycles. The van der Waals surface area contributed by atoms with Crippen molar-refractivity contribution >= 4 is 11.4 Å². The number of hydrogen-bond acceptors (Lipinski definition) is 2. The van der Waals surface area contributed by atoms with E-state index in [2.05, 4.69) is 42.8 Å². The van der Waals surface area contributed by atoms with Crippen LogP contribution in [0.25, 0.3) is 5.57 Å². The van der Waals surface area contributed by atoms with E-state index in [9.17, 15) is 9.18 Å². The molecule has 152 valence electrons. The van der Waals surface area contributed by atoms with E-state index in [0.717, 1.165) is 19.4 Å². The van der Waals surface area contributed by atoms with Gasteiger partial charge in [-0.25, -0.2) is 4.39 Å². The van der Waals surface area contributed by atoms with E-state index in [1.54, 1.807) is 12.1 Å². The van der Waals surface area contributed by atoms with Gasteiger partial charge in [-0.15, -0.1) is 0 Å². The van der Waals surface area contributed by atoms with Gasteiger partial charge in [-0.1, -0.05) is 30.8 Å². The maximum atomic E-state index is 13.0. The van der Waals surface area contributed by atoms with Crippen LogP contribution >= 0.6 is 0 Å². The molecule has 4 rings (SSSR count). The van der Waals surface area contributed by atoms with Gasteiger partial charge in [0.2, 0.25) is 0 Å². The summed E-state index contributed by atoms with van der Waals surface area (Å²) in [6.45, 7) is 5.39. The molecule has 2 aromatic carbocycles. The van der Waals surface area contributed by atoms with Crippen LogP contribution in [0.4, 0.5) is 4.39 Å². The minimum atomic E-state index is -0.301. The maximum absolute atomic E-state index is 13.0. The van der Waals surface area contributed by atoms with Crippen molar-refractivity contribution < 1.29 is 9.18 Å². The van der Waals surface area contributed by atoms with E-state index in [-0.39, 0.29) is 17.0 Å². The minimum absolute atomic E-state index is 0.0982. The smallest absolute Gasteiger partial charge is 0.162 e. The second-order valence-corrected chi connectivity index (χ2v) is 8.84. The van der Waals surface area contributed by atoms with Crippen molar-refractivity contribution in [1.29, 1.82) is 0 Å². The first-order chi connectivity index (χ1) is 14.0. The Balaban J connectivity index is 1.26. The fourth-order valence-electron chi connectivity index (χ4n) is 5.25. The molecule has 2 aliphatic carbocycles. The maximum Gasteiger partial charge on any atom is 0.162 e. The molecule has 1 spiro atoms. The number of halogens is 1. The molecule has 2 aromatic rings. The Bertz CT molecular complexity index is 893. The van der Waals surface area contributed by atoms with Gasteiger partial charge in [0, 0.05) is 18.0 Å². The average Bonchev–Trinajstić information content (AvgIpc) is 3.00. The number of fused-ring (bicyclic) bond motifs is 1. The van der Waals surface area contributed by atoms with Crippen LogP contribution < -0.4 is 0 Å². The molecule has 2 nitrogen and oxygen atoms in total. The van der Waals surface area contributed by atoms with E-state index < -0.39 is 0 Å². The van der Waals surface area contributed by atoms with Gasteiger partial charge in [0.15, 0.2) is 5.78 Å². The fourth-order valence-corrected chi connectivity index (χ4v) is 5.25. The highest BCUT2D eigenvalue weighted by Crippen LogP contribution is 2.54. The van der Waals surface area contributed by atoms with Crippen LogP contribution in [0.2, 0.25) is 0 Å². The van der Waals surface area contributed by atoms with E-state index >= 15 is 0 Å². The second kappa shape index (κ2) is 8.23. The lowest BCUT2D eigenvalue weighted by atomic mass is 9.68. The number of rotatable bonds is 6. The summed E-state index contributed by atoms with van der Waals surface area (Å²) in [6, 6.07) is 15.2. The van der Waals surface area contributed by atoms with Crippen LogP contribution in [0.3, 0.4) is 0 Å². The standard InChI is InChI=1S/C26H30FNO/c1-19-24-7-4-3-6-21(24)18-26(19)15-13-23(14-16-26)28(2)17-5-8-25(29)20-9-11-22(27)12-10-20/h3-4,6-7,9-12,23H,1,5,8,13-18H2,2H3. The summed E-state index contributed by atoms with van der Waals surface area (Å²) < 4.78 is 13.0. The van der Waals surface area contributed by atoms with Crippen LogP contribution in [0.5, 0.6) is 0 Å². The number of Topliss-reactive ketones (excluding diaryl/α,β-unsaturated/α-hetero) is 1. The zero-order valence-electron chi connectivity index (χ0n) is 17.3. The van der Waals surface area contributed by atoms with Crippen LogP contribution in [0.15, 0.2) is 55.1 Å². The number of carbonyl (C=O) groups excluding carboxylic acids is 1. The summed E-state index contributed by atoms with van der Waals surface area (Å²) in [7, 11) is 2.18. The van der Waals surface area contributed by atoms with Gasteiger partial charge in [-0.05, 0) is 98.5 Å². The van der Waals surface area contributed by atoms with Gasteiger partial charge in [-0.2, -0.15) is 0 Å². The molecular formula is C26H30FNO. The average molecular weight is 392 g/mol. The molecule has 0 amide bonds. The number of ketones is 1. The van der Waals surface area contributed by atoms with Gasteiger partial charge < -0.3 is 4.90 Å². The Morgan fingerprint density at radius 3 is 2.52 bits per heavy atom. The SMILES string of the molecule is C=C1c2ccccc2CC12CCC(N(C)CCCC(=O)c1ccc(F)cc1)CC2. The van der Waals surface area contributed by atoms with Crippen LogP contribution in [0, 0.1) is 11.2 Å². The van der Waals surface area contributed by atoms with Crippen molar-refractivity contribution in [3.63, 3.8) is 0 Å². The minimum Gasteiger partial charge on any atom is -0.303 e. The number of allylic oxidation sites excluding steroid dienone is 1. The van der Waals surface area contributed by atoms with Crippen molar-refractivity contribution in [2.75, 3.05) is 13.6 Å². The monoisotopic (exact) mass is 391 g/mol. The Kier molecular flexibility index (Phi) is 5.69. The Hall–Kier alpha value is -2.26. The second-order valence-electron chi connectivity index (χ2n) is 8.84. The molecule has 1 saturated carbocycles. The van der Waals surface area contributed by atoms with E-state index in [1.165, 1.54) is 54.5 Å². The third-order valence-electron chi connectivity index (χ3n) is 7.13. The molecule has 0 aliphatic heterocycles. The van der Waals surface area contributed by atoms with E-state index in [1.807, 2.05) is 0 Å². The fraction of sp³-hybridized carbons (Fsp3) is 0.423. The summed E-state index contributed by atoms with van der Waals surface area (Å²) in [5, 5.41) is 0. The van der Waals surface area contributed by atoms with Gasteiger partial charge in [0.25, 0.3) is 0 Å². The summed E-state index contributed by atoms with van der Waals surface area (Å²) in [4.78, 5) is 14.7. The molecule has 0 bridgehead atoms. The number of hydrogen-bond donors (Lipinski definition) is 0. The van der Waals surface area contributed by atoms with Gasteiger partial charge in [0.1, 0.15) is 5.82 Å². The number of nitrogens with zero attached hydrogens (tertiary/aromatic N) is 1. The molecule has 29 heavy (non-hydrogen) atoms. The van der Waals surface area contributed by atoms with Crippen LogP contribution in [-0.2, 0) is 6.42 Å². The summed E-state index contributed by atoms with van der Waals surface area (Å²) in [6.07, 6.45) is 7.27. The van der Waals surface area contributed by atoms with Crippen LogP contribution in [0.1, 0.15) is 60.0 Å². The molecule has 1 fully saturated rings. The first-order valence-electron chi connectivity index (χ1n) is 10.8. The molecule has 0 aromatic heterocycles. The molecule has 3 heteroatoms. The van der Waals surface area contributed by atoms with Gasteiger partial charge in [0.05, 0.1) is 0 Å². The highest BCUT2D eigenvalue weighted by Gasteiger charge is 2.43. The normalized spacial score (nSPS) is 23.6. The molecule has 0 radical (unpaired) electrons. The third kappa shape index (κ3) is 4.06. The zero-order chi connectivity index (χ0) is 20.4. The Morgan fingerprint density at radius 2 is 1.83 bits per heavy atom. The summed E-state index contributed by atoms with van der Waals surface area (Å²) in [5.74, 6) is -0.203. The van der Waals surface area contributed by atoms with Crippen molar-refractivity contribution in [3.8, 4) is 0 Å². The summed E-state index contributed by atoms with van der Waals surface area (Å²) in [5.41, 5.74) is 5.05. The van der Waals surface area contributed by atoms with Crippen molar-refractivity contribution in [3.05, 3.63) is 77.6 Å². The molecule has 2 aliphatic rings. The van der Waals surface area contributed by atoms with Crippen molar-refractivity contribution in [2.45, 2.75) is 51.0 Å². The zero-order valence-corrected chi connectivity index (χ0v) is 17.3. The third-order valence-corrected chi connectivity index (χ3v) is 7.13. The lowest BCUT2D eigenvalue weighted by Gasteiger charge is -2.41. The lowest BCUT2D eigenvalue weighted by molar-refractivity contribution is 0.0965. The van der Waals surface area contributed by atoms with Crippen molar-refractivity contribution in [2.24, 2.45) is 5.41 Å². The molecule has 0 N–H and O–H groups in total. The lowest BCUT2D eigenvalue weighted by Crippen LogP contribution is -2.39. The molecular weight excluding hydrogens is 361 g/mol. The first kappa shape index (κ1) is 20.0. The van der Waals surface area contributed by atoms with Gasteiger partial charge >= 0.3 is 0 Å². The highest BCUT2D eigenvalue weighted by molar-refractivity contribution is 5.95. The quantitative estimate of drug-likeness (QED) is 0.570. The first-order valence-corrected chi connectivity index (χ1v) is 10.8. The van der Waals surface area contributed by atoms with E-state index in [0.29, 0.717) is 18.0 Å². The molecule has 0 saturated heterocycles. The van der Waals surface area contributed by atoms with E-state index in [4.69, 9.17) is 0 Å². The van der Waals surface area contributed by atoms with Gasteiger partial charge in [-0.3, -0.25) is 4.79 Å². The number of carbonyl (C=O) groups is 1. The largest absolute Gasteiger partial charge is 0.303 e.